The highest BCUT2D eigenvalue weighted by Crippen LogP contribution is 2.26. The third-order valence-corrected chi connectivity index (χ3v) is 13.7. The minimum absolute atomic E-state index is 0. The number of carbonyl (C=O) groups excluding carboxylic acids is 5. The molecular formula is C82H163N5O6. The van der Waals surface area contributed by atoms with Crippen molar-refractivity contribution in [3.8, 4) is 0 Å². The number of hydrogen-bond acceptors (Lipinski definition) is 11. The molecule has 11 heteroatoms. The number of aliphatic hydroxyl groups is 1. The van der Waals surface area contributed by atoms with Gasteiger partial charge in [-0.05, 0) is 172 Å². The Morgan fingerprint density at radius 1 is 0.333 bits per heavy atom. The van der Waals surface area contributed by atoms with Gasteiger partial charge in [0.15, 0.2) is 28.9 Å². The van der Waals surface area contributed by atoms with E-state index in [-0.39, 0.29) is 135 Å². The fraction of sp³-hybridized carbons (Fsp3) is 0.793. The van der Waals surface area contributed by atoms with Gasteiger partial charge in [0.1, 0.15) is 0 Å². The van der Waals surface area contributed by atoms with Crippen molar-refractivity contribution in [1.29, 1.82) is 0 Å². The van der Waals surface area contributed by atoms with E-state index in [2.05, 4.69) is 167 Å². The van der Waals surface area contributed by atoms with E-state index in [1.165, 1.54) is 11.1 Å². The van der Waals surface area contributed by atoms with E-state index in [0.717, 1.165) is 57.8 Å². The molecule has 0 aliphatic heterocycles. The minimum Gasteiger partial charge on any atom is -0.396 e. The first-order valence-corrected chi connectivity index (χ1v) is 33.6. The van der Waals surface area contributed by atoms with Crippen LogP contribution in [0.1, 0.15) is 328 Å². The topological polar surface area (TPSA) is 166 Å². The predicted molar refractivity (Wildman–Crippen MR) is 414 cm³/mol. The summed E-state index contributed by atoms with van der Waals surface area (Å²) in [6.45, 7) is 67.6. The second-order valence-electron chi connectivity index (χ2n) is 35.5. The molecule has 6 N–H and O–H groups in total. The van der Waals surface area contributed by atoms with Crippen LogP contribution in [0.25, 0.3) is 0 Å². The number of aryl methyl sites for hydroxylation is 2. The van der Waals surface area contributed by atoms with Gasteiger partial charge in [0.2, 0.25) is 0 Å². The van der Waals surface area contributed by atoms with Crippen molar-refractivity contribution in [2.45, 2.75) is 388 Å². The number of rotatable bonds is 24. The molecule has 0 saturated heterocycles. The monoisotopic (exact) mass is 1310 g/mol. The Balaban J connectivity index is -0.000000161. The Morgan fingerprint density at radius 3 is 0.796 bits per heavy atom. The summed E-state index contributed by atoms with van der Waals surface area (Å²) in [5.41, 5.74) is 0.924. The Bertz CT molecular complexity index is 2250. The van der Waals surface area contributed by atoms with Crippen molar-refractivity contribution in [1.82, 2.24) is 26.6 Å². The van der Waals surface area contributed by atoms with Gasteiger partial charge >= 0.3 is 0 Å². The highest BCUT2D eigenvalue weighted by molar-refractivity contribution is 5.90. The van der Waals surface area contributed by atoms with Crippen molar-refractivity contribution in [2.24, 2.45) is 33.0 Å². The maximum Gasteiger partial charge on any atom is 0.155 e. The zero-order valence-corrected chi connectivity index (χ0v) is 63.5. The first kappa shape index (κ1) is 106. The SMILES string of the molecule is C.C.C.C.C.CC(C)(C)NC(CCCc1ccccc1)C(=O)C(C)(C)C.CC(C)(C)NC(CCO)C(=O)C(C)(C)C.CC(C)(C)NC(CCc1ccccc1)C(=O)C(C)(C)C.CC(C)CC(NC(C)(C)C)C(=O)C(C)(C)C.CCCCC(NC(C)(C)C)C(=O)C(C)(C)C. The van der Waals surface area contributed by atoms with Gasteiger partial charge in [-0.25, -0.2) is 0 Å². The van der Waals surface area contributed by atoms with Crippen molar-refractivity contribution >= 4 is 28.9 Å². The molecule has 5 atom stereocenters. The molecule has 552 valence electrons. The zero-order valence-electron chi connectivity index (χ0n) is 63.5. The summed E-state index contributed by atoms with van der Waals surface area (Å²) in [6, 6.07) is 20.4. The van der Waals surface area contributed by atoms with E-state index in [1.807, 2.05) is 149 Å². The molecule has 0 amide bonds. The average molecular weight is 1320 g/mol. The van der Waals surface area contributed by atoms with Crippen molar-refractivity contribution in [3.63, 3.8) is 0 Å². The molecule has 0 heterocycles. The average Bonchev–Trinajstić information content (AvgIpc) is 1.02. The summed E-state index contributed by atoms with van der Waals surface area (Å²) in [5, 5.41) is 26.1. The number of ketones is 5. The Hall–Kier alpha value is -3.45. The number of Topliss-reactive ketones (excluding diaryl/α,β-unsaturated/α-hetero) is 5. The predicted octanol–water partition coefficient (Wildman–Crippen LogP) is 20.2. The highest BCUT2D eigenvalue weighted by Gasteiger charge is 2.36. The first-order chi connectivity index (χ1) is 39.3. The standard InChI is InChI=1S/C19H31NO.C18H29NO.2C14H29NO.C12H25NO2.5CH4/c1-18(2,3)17(21)16(20-19(4,5)6)14-10-13-15-11-8-7-9-12-15;1-17(2,3)16(20)15(19-18(4,5)6)13-12-14-10-8-7-9-11-14;1-10(2)9-11(15-14(6,7)8)12(16)13(3,4)5;1-8-9-10-11(15-14(5,6)7)12(16)13(2,3)4;1-11(2,3)10(15)9(7-8-14)13-12(4,5)6;;;;;/h7-9,11-12,16,20H,10,13-14H2,1-6H3;7-11,15,19H,12-13H2,1-6H3;10-11,15H,9H2,1-8H3;11,15H,8-10H2,1-7H3;9,13-14H,7-8H2,1-6H3;5*1H4. The summed E-state index contributed by atoms with van der Waals surface area (Å²) in [4.78, 5) is 61.9. The molecule has 0 aliphatic rings. The fourth-order valence-corrected chi connectivity index (χ4v) is 9.65. The lowest BCUT2D eigenvalue weighted by atomic mass is 9.83. The van der Waals surface area contributed by atoms with E-state index in [9.17, 15) is 24.0 Å². The summed E-state index contributed by atoms with van der Waals surface area (Å²) < 4.78 is 0. The van der Waals surface area contributed by atoms with Crippen LogP contribution in [0.2, 0.25) is 0 Å². The van der Waals surface area contributed by atoms with Crippen LogP contribution in [-0.2, 0) is 36.8 Å². The molecule has 0 saturated carbocycles. The van der Waals surface area contributed by atoms with E-state index < -0.39 is 0 Å². The second kappa shape index (κ2) is 45.9. The van der Waals surface area contributed by atoms with Gasteiger partial charge in [-0.3, -0.25) is 24.0 Å². The Labute approximate surface area is 580 Å². The smallest absolute Gasteiger partial charge is 0.155 e. The van der Waals surface area contributed by atoms with Gasteiger partial charge < -0.3 is 31.7 Å². The third kappa shape index (κ3) is 55.3. The number of aliphatic hydroxyl groups excluding tert-OH is 1. The van der Waals surface area contributed by atoms with Crippen LogP contribution in [0.5, 0.6) is 0 Å². The van der Waals surface area contributed by atoms with Gasteiger partial charge in [0.25, 0.3) is 0 Å². The van der Waals surface area contributed by atoms with Gasteiger partial charge in [0.05, 0.1) is 30.2 Å². The molecule has 0 radical (unpaired) electrons. The largest absolute Gasteiger partial charge is 0.396 e. The van der Waals surface area contributed by atoms with Crippen LogP contribution in [-0.4, -0.2) is 98.5 Å². The molecular weight excluding hydrogens is 1150 g/mol. The maximum atomic E-state index is 12.6. The summed E-state index contributed by atoms with van der Waals surface area (Å²) >= 11 is 0. The van der Waals surface area contributed by atoms with Crippen LogP contribution in [0, 0.1) is 33.0 Å². The second-order valence-corrected chi connectivity index (χ2v) is 35.5. The number of nitrogens with one attached hydrogen (secondary N) is 5. The van der Waals surface area contributed by atoms with Crippen molar-refractivity contribution < 1.29 is 29.1 Å². The zero-order chi connectivity index (χ0) is 69.9. The fourth-order valence-electron chi connectivity index (χ4n) is 9.65. The van der Waals surface area contributed by atoms with Crippen LogP contribution in [0.4, 0.5) is 0 Å². The normalized spacial score (nSPS) is 13.8. The quantitative estimate of drug-likeness (QED) is 0.0592. The van der Waals surface area contributed by atoms with Crippen LogP contribution < -0.4 is 26.6 Å². The number of unbranched alkanes of at least 4 members (excludes halogenated alkanes) is 1. The molecule has 0 spiro atoms. The Morgan fingerprint density at radius 2 is 0.559 bits per heavy atom. The molecule has 2 rings (SSSR count). The summed E-state index contributed by atoms with van der Waals surface area (Å²) in [6.07, 6.45) is 9.30. The van der Waals surface area contributed by atoms with Crippen LogP contribution in [0.3, 0.4) is 0 Å². The van der Waals surface area contributed by atoms with Gasteiger partial charge in [-0.2, -0.15) is 0 Å². The van der Waals surface area contributed by atoms with Crippen LogP contribution >= 0.6 is 0 Å². The van der Waals surface area contributed by atoms with E-state index in [1.54, 1.807) is 0 Å². The summed E-state index contributed by atoms with van der Waals surface area (Å²) in [5.74, 6) is 1.94. The lowest BCUT2D eigenvalue weighted by Crippen LogP contribution is -2.51. The lowest BCUT2D eigenvalue weighted by molar-refractivity contribution is -0.129. The van der Waals surface area contributed by atoms with Crippen molar-refractivity contribution in [3.05, 3.63) is 71.8 Å². The van der Waals surface area contributed by atoms with Gasteiger partial charge in [-0.15, -0.1) is 0 Å². The van der Waals surface area contributed by atoms with Crippen LogP contribution in [0.15, 0.2) is 60.7 Å². The first-order valence-electron chi connectivity index (χ1n) is 33.6. The minimum atomic E-state index is -0.363. The molecule has 0 aliphatic carbocycles. The van der Waals surface area contributed by atoms with E-state index in [4.69, 9.17) is 5.11 Å². The number of carbonyl (C=O) groups is 5. The van der Waals surface area contributed by atoms with Gasteiger partial charge in [-0.1, -0.05) is 235 Å². The van der Waals surface area contributed by atoms with E-state index >= 15 is 0 Å². The summed E-state index contributed by atoms with van der Waals surface area (Å²) in [7, 11) is 0. The van der Waals surface area contributed by atoms with Crippen molar-refractivity contribution in [2.75, 3.05) is 6.61 Å². The molecule has 0 aromatic heterocycles. The maximum absolute atomic E-state index is 12.6. The highest BCUT2D eigenvalue weighted by atomic mass is 16.3. The molecule has 0 bridgehead atoms. The molecule has 2 aromatic carbocycles. The van der Waals surface area contributed by atoms with Gasteiger partial charge in [0, 0.05) is 61.4 Å². The molecule has 93 heavy (non-hydrogen) atoms. The molecule has 5 unspecified atom stereocenters. The third-order valence-electron chi connectivity index (χ3n) is 13.7. The number of hydrogen-bond donors (Lipinski definition) is 6. The molecule has 11 nitrogen and oxygen atoms in total. The molecule has 0 fully saturated rings. The number of benzene rings is 2. The molecule has 2 aromatic rings. The lowest BCUT2D eigenvalue weighted by Gasteiger charge is -2.32. The van der Waals surface area contributed by atoms with E-state index in [0.29, 0.717) is 35.5 Å². The Kier molecular flexibility index (Phi) is 52.2.